The lowest BCUT2D eigenvalue weighted by Crippen LogP contribution is -2.27. The van der Waals surface area contributed by atoms with Gasteiger partial charge in [-0.1, -0.05) is 42.5 Å². The molecule has 0 aromatic heterocycles. The molecule has 0 saturated heterocycles. The Kier molecular flexibility index (Phi) is 4.38. The normalized spacial score (nSPS) is 11.9. The first-order valence-electron chi connectivity index (χ1n) is 6.48. The van der Waals surface area contributed by atoms with E-state index in [2.05, 4.69) is 5.32 Å². The molecule has 0 heterocycles. The van der Waals surface area contributed by atoms with E-state index in [1.54, 1.807) is 25.1 Å². The number of hydrogen-bond acceptors (Lipinski definition) is 3. The molecule has 0 spiro atoms. The van der Waals surface area contributed by atoms with Gasteiger partial charge in [-0.25, -0.2) is 0 Å². The molecule has 20 heavy (non-hydrogen) atoms. The second kappa shape index (κ2) is 6.21. The molecular weight excluding hydrogens is 252 g/mol. The predicted octanol–water partition coefficient (Wildman–Crippen LogP) is 2.38. The van der Waals surface area contributed by atoms with Crippen molar-refractivity contribution in [2.24, 2.45) is 5.73 Å². The van der Waals surface area contributed by atoms with Gasteiger partial charge in [0.25, 0.3) is 0 Å². The summed E-state index contributed by atoms with van der Waals surface area (Å²) in [7, 11) is 0. The van der Waals surface area contributed by atoms with E-state index in [1.165, 1.54) is 0 Å². The van der Waals surface area contributed by atoms with Crippen molar-refractivity contribution in [1.29, 1.82) is 0 Å². The largest absolute Gasteiger partial charge is 0.505 e. The Balaban J connectivity index is 2.20. The third kappa shape index (κ3) is 2.97. The number of amides is 1. The number of nitrogens with one attached hydrogen (secondary N) is 1. The molecule has 1 unspecified atom stereocenters. The number of carbonyl (C=O) groups is 1. The highest BCUT2D eigenvalue weighted by Gasteiger charge is 2.20. The second-order valence-electron chi connectivity index (χ2n) is 4.66. The topological polar surface area (TPSA) is 75.4 Å². The smallest absolute Gasteiger partial charge is 0.233 e. The maximum absolute atomic E-state index is 12.3. The molecule has 2 aromatic carbocycles. The predicted molar refractivity (Wildman–Crippen MR) is 79.7 cm³/mol. The van der Waals surface area contributed by atoms with Crippen LogP contribution >= 0.6 is 0 Å². The van der Waals surface area contributed by atoms with E-state index in [0.717, 1.165) is 5.56 Å². The Bertz CT molecular complexity index is 597. The third-order valence-corrected chi connectivity index (χ3v) is 3.25. The van der Waals surface area contributed by atoms with Gasteiger partial charge in [-0.2, -0.15) is 0 Å². The number of benzene rings is 2. The zero-order valence-corrected chi connectivity index (χ0v) is 11.3. The maximum Gasteiger partial charge on any atom is 0.233 e. The molecule has 1 amide bonds. The number of phenolic OH excluding ortho intramolecular Hbond substituents is 1. The minimum Gasteiger partial charge on any atom is -0.505 e. The standard InChI is InChI=1S/C16H18N2O2/c1-11-6-5-9-14(15(11)19)18-16(20)13(10-17)12-7-3-2-4-8-12/h2-9,13,19H,10,17H2,1H3,(H,18,20). The molecule has 104 valence electrons. The number of hydrogen-bond donors (Lipinski definition) is 3. The van der Waals surface area contributed by atoms with Gasteiger partial charge in [0.05, 0.1) is 11.6 Å². The lowest BCUT2D eigenvalue weighted by atomic mass is 9.98. The molecule has 2 aromatic rings. The van der Waals surface area contributed by atoms with E-state index in [9.17, 15) is 9.90 Å². The number of phenols is 1. The fraction of sp³-hybridized carbons (Fsp3) is 0.188. The van der Waals surface area contributed by atoms with Crippen molar-refractivity contribution < 1.29 is 9.90 Å². The van der Waals surface area contributed by atoms with E-state index < -0.39 is 5.92 Å². The lowest BCUT2D eigenvalue weighted by Gasteiger charge is -2.16. The van der Waals surface area contributed by atoms with Gasteiger partial charge in [-0.15, -0.1) is 0 Å². The van der Waals surface area contributed by atoms with Crippen LogP contribution in [-0.2, 0) is 4.79 Å². The van der Waals surface area contributed by atoms with Crippen molar-refractivity contribution in [2.75, 3.05) is 11.9 Å². The summed E-state index contributed by atoms with van der Waals surface area (Å²) in [6.07, 6.45) is 0. The molecule has 4 N–H and O–H groups in total. The minimum atomic E-state index is -0.434. The van der Waals surface area contributed by atoms with Crippen LogP contribution < -0.4 is 11.1 Å². The number of para-hydroxylation sites is 1. The molecule has 4 heteroatoms. The summed E-state index contributed by atoms with van der Waals surface area (Å²) in [5.41, 5.74) is 7.69. The van der Waals surface area contributed by atoms with Gasteiger partial charge in [-0.3, -0.25) is 4.79 Å². The van der Waals surface area contributed by atoms with E-state index in [4.69, 9.17) is 5.73 Å². The van der Waals surface area contributed by atoms with Crippen LogP contribution in [0, 0.1) is 6.92 Å². The second-order valence-corrected chi connectivity index (χ2v) is 4.66. The highest BCUT2D eigenvalue weighted by molar-refractivity contribution is 5.97. The van der Waals surface area contributed by atoms with E-state index in [1.807, 2.05) is 30.3 Å². The zero-order chi connectivity index (χ0) is 14.5. The van der Waals surface area contributed by atoms with Crippen molar-refractivity contribution in [2.45, 2.75) is 12.8 Å². The number of aromatic hydroxyl groups is 1. The first-order chi connectivity index (χ1) is 9.63. The fourth-order valence-electron chi connectivity index (χ4n) is 2.06. The van der Waals surface area contributed by atoms with Crippen molar-refractivity contribution >= 4 is 11.6 Å². The summed E-state index contributed by atoms with van der Waals surface area (Å²) < 4.78 is 0. The van der Waals surface area contributed by atoms with Gasteiger partial charge >= 0.3 is 0 Å². The summed E-state index contributed by atoms with van der Waals surface area (Å²) in [6.45, 7) is 1.99. The first-order valence-corrected chi connectivity index (χ1v) is 6.48. The molecule has 0 saturated carbocycles. The summed E-state index contributed by atoms with van der Waals surface area (Å²) in [5.74, 6) is -0.569. The average molecular weight is 270 g/mol. The SMILES string of the molecule is Cc1cccc(NC(=O)C(CN)c2ccccc2)c1O. The molecule has 1 atom stereocenters. The summed E-state index contributed by atoms with van der Waals surface area (Å²) in [6, 6.07) is 14.6. The van der Waals surface area contributed by atoms with Crippen molar-refractivity contribution in [3.05, 3.63) is 59.7 Å². The van der Waals surface area contributed by atoms with Crippen LogP contribution in [0.15, 0.2) is 48.5 Å². The molecule has 4 nitrogen and oxygen atoms in total. The van der Waals surface area contributed by atoms with Crippen LogP contribution in [0.3, 0.4) is 0 Å². The van der Waals surface area contributed by atoms with Gasteiger partial charge in [0.1, 0.15) is 5.75 Å². The quantitative estimate of drug-likeness (QED) is 0.747. The molecule has 0 radical (unpaired) electrons. The van der Waals surface area contributed by atoms with E-state index in [0.29, 0.717) is 11.3 Å². The summed E-state index contributed by atoms with van der Waals surface area (Å²) >= 11 is 0. The Morgan fingerprint density at radius 2 is 1.90 bits per heavy atom. The molecular formula is C16H18N2O2. The van der Waals surface area contributed by atoms with Crippen LogP contribution in [0.4, 0.5) is 5.69 Å². The molecule has 0 aliphatic carbocycles. The molecule has 0 aliphatic heterocycles. The van der Waals surface area contributed by atoms with E-state index in [-0.39, 0.29) is 18.2 Å². The van der Waals surface area contributed by atoms with E-state index >= 15 is 0 Å². The van der Waals surface area contributed by atoms with Crippen LogP contribution in [0.1, 0.15) is 17.0 Å². The highest BCUT2D eigenvalue weighted by atomic mass is 16.3. The van der Waals surface area contributed by atoms with Gasteiger partial charge in [0, 0.05) is 6.54 Å². The molecule has 0 aliphatic rings. The first kappa shape index (κ1) is 14.1. The number of aryl methyl sites for hydroxylation is 1. The maximum atomic E-state index is 12.3. The van der Waals surface area contributed by atoms with Gasteiger partial charge in [0.15, 0.2) is 0 Å². The van der Waals surface area contributed by atoms with Crippen LogP contribution in [0.25, 0.3) is 0 Å². The monoisotopic (exact) mass is 270 g/mol. The Morgan fingerprint density at radius 3 is 2.55 bits per heavy atom. The Labute approximate surface area is 118 Å². The number of carbonyl (C=O) groups excluding carboxylic acids is 1. The minimum absolute atomic E-state index is 0.0877. The van der Waals surface area contributed by atoms with Crippen molar-refractivity contribution in [3.63, 3.8) is 0 Å². The van der Waals surface area contributed by atoms with Crippen LogP contribution in [0.2, 0.25) is 0 Å². The van der Waals surface area contributed by atoms with Gasteiger partial charge < -0.3 is 16.2 Å². The summed E-state index contributed by atoms with van der Waals surface area (Å²) in [4.78, 5) is 12.3. The molecule has 0 fully saturated rings. The number of rotatable bonds is 4. The summed E-state index contributed by atoms with van der Waals surface area (Å²) in [5, 5.41) is 12.7. The third-order valence-electron chi connectivity index (χ3n) is 3.25. The average Bonchev–Trinajstić information content (AvgIpc) is 2.46. The van der Waals surface area contributed by atoms with Crippen molar-refractivity contribution in [3.8, 4) is 5.75 Å². The number of nitrogens with two attached hydrogens (primary N) is 1. The van der Waals surface area contributed by atoms with Crippen LogP contribution in [-0.4, -0.2) is 17.6 Å². The molecule has 0 bridgehead atoms. The number of anilines is 1. The van der Waals surface area contributed by atoms with Crippen molar-refractivity contribution in [1.82, 2.24) is 0 Å². The molecule has 2 rings (SSSR count). The lowest BCUT2D eigenvalue weighted by molar-refractivity contribution is -0.117. The Hall–Kier alpha value is -2.33. The van der Waals surface area contributed by atoms with Gasteiger partial charge in [0.2, 0.25) is 5.91 Å². The zero-order valence-electron chi connectivity index (χ0n) is 11.3. The highest BCUT2D eigenvalue weighted by Crippen LogP contribution is 2.27. The Morgan fingerprint density at radius 1 is 1.20 bits per heavy atom. The fourth-order valence-corrected chi connectivity index (χ4v) is 2.06. The van der Waals surface area contributed by atoms with Gasteiger partial charge in [-0.05, 0) is 24.1 Å². The van der Waals surface area contributed by atoms with Crippen LogP contribution in [0.5, 0.6) is 5.75 Å².